The molecule has 4 atom stereocenters. The van der Waals surface area contributed by atoms with Gasteiger partial charge in [-0.2, -0.15) is 0 Å². The molecule has 0 spiro atoms. The van der Waals surface area contributed by atoms with E-state index in [0.29, 0.717) is 29.5 Å². The van der Waals surface area contributed by atoms with E-state index in [2.05, 4.69) is 31.6 Å². The molecule has 0 radical (unpaired) electrons. The third-order valence-electron chi connectivity index (χ3n) is 7.86. The van der Waals surface area contributed by atoms with Crippen LogP contribution in [0.3, 0.4) is 0 Å². The number of amides is 5. The van der Waals surface area contributed by atoms with E-state index in [1.165, 1.54) is 24.3 Å². The number of phenolic OH excluding ortho intramolecular Hbond substituents is 2. The molecular formula is C34H41N7O7. The smallest absolute Gasteiger partial charge is 0.243 e. The third-order valence-corrected chi connectivity index (χ3v) is 7.86. The van der Waals surface area contributed by atoms with Gasteiger partial charge >= 0.3 is 0 Å². The summed E-state index contributed by atoms with van der Waals surface area (Å²) in [5.41, 5.74) is 8.22. The first-order chi connectivity index (χ1) is 23.1. The van der Waals surface area contributed by atoms with Crippen LogP contribution in [-0.2, 0) is 43.2 Å². The van der Waals surface area contributed by atoms with E-state index >= 15 is 0 Å². The van der Waals surface area contributed by atoms with Gasteiger partial charge in [-0.25, -0.2) is 0 Å². The molecule has 5 amide bonds. The molecule has 1 saturated heterocycles. The summed E-state index contributed by atoms with van der Waals surface area (Å²) in [6.07, 6.45) is 4.46. The molecule has 3 aromatic rings. The average Bonchev–Trinajstić information content (AvgIpc) is 3.07. The molecule has 4 rings (SSSR count). The van der Waals surface area contributed by atoms with E-state index in [4.69, 9.17) is 5.73 Å². The van der Waals surface area contributed by atoms with Gasteiger partial charge in [-0.05, 0) is 78.8 Å². The standard InChI is InChI=1S/C34H41N7O7/c35-26(17-21-4-8-24(42)9-5-21)31(45)39-27-3-1-2-14-37-30(44)20-38-32(46)28(18-22-6-10-25(43)11-7-22)40-34(48)29(41-33(27)47)19-23-12-15-36-16-13-23/h4-13,15-16,26-29,42-43H,1-3,14,17-20,35H2,(H,37,44)(H,38,46)(H,39,45)(H,40,48)(H,41,47)/t26-,27+,28-,29-/m0/s1. The zero-order valence-corrected chi connectivity index (χ0v) is 26.4. The van der Waals surface area contributed by atoms with Gasteiger partial charge in [0.25, 0.3) is 0 Å². The normalized spacial score (nSPS) is 20.4. The van der Waals surface area contributed by atoms with Crippen molar-refractivity contribution in [2.45, 2.75) is 62.7 Å². The Morgan fingerprint density at radius 3 is 1.98 bits per heavy atom. The van der Waals surface area contributed by atoms with Crippen LogP contribution in [0.5, 0.6) is 11.5 Å². The van der Waals surface area contributed by atoms with Crippen molar-refractivity contribution in [3.63, 3.8) is 0 Å². The molecule has 0 unspecified atom stereocenters. The zero-order chi connectivity index (χ0) is 34.5. The largest absolute Gasteiger partial charge is 0.508 e. The molecule has 2 heterocycles. The number of benzene rings is 2. The number of nitrogens with one attached hydrogen (secondary N) is 5. The first kappa shape index (κ1) is 35.4. The molecular weight excluding hydrogens is 618 g/mol. The maximum absolute atomic E-state index is 13.8. The number of rotatable bonds is 8. The van der Waals surface area contributed by atoms with E-state index < -0.39 is 53.7 Å². The summed E-state index contributed by atoms with van der Waals surface area (Å²) in [6, 6.07) is 11.4. The average molecular weight is 660 g/mol. The Balaban J connectivity index is 1.57. The van der Waals surface area contributed by atoms with Crippen molar-refractivity contribution in [2.75, 3.05) is 13.1 Å². The number of aromatic hydroxyl groups is 2. The maximum Gasteiger partial charge on any atom is 0.243 e. The maximum atomic E-state index is 13.8. The third kappa shape index (κ3) is 11.1. The van der Waals surface area contributed by atoms with Crippen LogP contribution in [-0.4, -0.2) is 82.0 Å². The van der Waals surface area contributed by atoms with Gasteiger partial charge in [-0.1, -0.05) is 24.3 Å². The molecule has 14 nitrogen and oxygen atoms in total. The summed E-state index contributed by atoms with van der Waals surface area (Å²) in [5, 5.41) is 32.7. The van der Waals surface area contributed by atoms with E-state index in [0.717, 1.165) is 0 Å². The fraction of sp³-hybridized carbons (Fsp3) is 0.353. The van der Waals surface area contributed by atoms with Crippen molar-refractivity contribution < 1.29 is 34.2 Å². The Kier molecular flexibility index (Phi) is 12.8. The van der Waals surface area contributed by atoms with Crippen LogP contribution in [0.15, 0.2) is 73.1 Å². The van der Waals surface area contributed by atoms with Gasteiger partial charge in [0.15, 0.2) is 0 Å². The van der Waals surface area contributed by atoms with Crippen molar-refractivity contribution in [3.05, 3.63) is 89.7 Å². The molecule has 9 N–H and O–H groups in total. The molecule has 0 saturated carbocycles. The van der Waals surface area contributed by atoms with Crippen LogP contribution < -0.4 is 32.3 Å². The van der Waals surface area contributed by atoms with Gasteiger partial charge in [0.2, 0.25) is 29.5 Å². The van der Waals surface area contributed by atoms with Gasteiger partial charge in [0, 0.05) is 31.8 Å². The highest BCUT2D eigenvalue weighted by Crippen LogP contribution is 2.14. The van der Waals surface area contributed by atoms with Crippen LogP contribution in [0.4, 0.5) is 0 Å². The second-order valence-electron chi connectivity index (χ2n) is 11.7. The predicted octanol–water partition coefficient (Wildman–Crippen LogP) is -0.281. The number of aromatic nitrogens is 1. The lowest BCUT2D eigenvalue weighted by atomic mass is 10.0. The lowest BCUT2D eigenvalue weighted by Crippen LogP contribution is -2.59. The van der Waals surface area contributed by atoms with Crippen molar-refractivity contribution in [1.82, 2.24) is 31.6 Å². The van der Waals surface area contributed by atoms with E-state index in [1.807, 2.05) is 0 Å². The minimum Gasteiger partial charge on any atom is -0.508 e. The molecule has 0 bridgehead atoms. The Morgan fingerprint density at radius 1 is 0.771 bits per heavy atom. The van der Waals surface area contributed by atoms with E-state index in [9.17, 15) is 34.2 Å². The summed E-state index contributed by atoms with van der Waals surface area (Å²) in [7, 11) is 0. The van der Waals surface area contributed by atoms with Crippen molar-refractivity contribution in [3.8, 4) is 11.5 Å². The highest BCUT2D eigenvalue weighted by Gasteiger charge is 2.31. The molecule has 14 heteroatoms. The van der Waals surface area contributed by atoms with Crippen molar-refractivity contribution >= 4 is 29.5 Å². The van der Waals surface area contributed by atoms with Gasteiger partial charge in [0.1, 0.15) is 29.6 Å². The fourth-order valence-electron chi connectivity index (χ4n) is 5.17. The summed E-state index contributed by atoms with van der Waals surface area (Å²) in [6.45, 7) is -0.0364. The quantitative estimate of drug-likeness (QED) is 0.159. The minimum atomic E-state index is -1.16. The monoisotopic (exact) mass is 659 g/mol. The fourth-order valence-corrected chi connectivity index (χ4v) is 5.17. The summed E-state index contributed by atoms with van der Waals surface area (Å²) in [5.74, 6) is -2.79. The molecule has 1 fully saturated rings. The molecule has 0 aliphatic carbocycles. The van der Waals surface area contributed by atoms with Crippen LogP contribution in [0, 0.1) is 0 Å². The first-order valence-electron chi connectivity index (χ1n) is 15.7. The van der Waals surface area contributed by atoms with E-state index in [1.54, 1.807) is 48.8 Å². The van der Waals surface area contributed by atoms with Crippen molar-refractivity contribution in [1.29, 1.82) is 0 Å². The number of pyridine rings is 1. The molecule has 254 valence electrons. The lowest BCUT2D eigenvalue weighted by Gasteiger charge is -2.26. The number of phenols is 2. The van der Waals surface area contributed by atoms with E-state index in [-0.39, 0.29) is 50.3 Å². The number of carbonyl (C=O) groups is 5. The zero-order valence-electron chi connectivity index (χ0n) is 26.4. The van der Waals surface area contributed by atoms with Crippen LogP contribution in [0.25, 0.3) is 0 Å². The second kappa shape index (κ2) is 17.4. The van der Waals surface area contributed by atoms with Crippen LogP contribution in [0.1, 0.15) is 36.0 Å². The highest BCUT2D eigenvalue weighted by molar-refractivity contribution is 5.95. The SMILES string of the molecule is N[C@@H](Cc1ccc(O)cc1)C(=O)N[C@@H]1CCCCNC(=O)CNC(=O)[C@H](Cc2ccc(O)cc2)NC(=O)[C@H](Cc2ccncc2)NC1=O. The van der Waals surface area contributed by atoms with Gasteiger partial charge in [-0.3, -0.25) is 29.0 Å². The number of nitrogens with two attached hydrogens (primary N) is 1. The minimum absolute atomic E-state index is 0.0324. The highest BCUT2D eigenvalue weighted by atomic mass is 16.3. The summed E-state index contributed by atoms with van der Waals surface area (Å²) >= 11 is 0. The number of hydrogen-bond acceptors (Lipinski definition) is 9. The molecule has 48 heavy (non-hydrogen) atoms. The number of nitrogens with zero attached hydrogens (tertiary/aromatic N) is 1. The second-order valence-corrected chi connectivity index (χ2v) is 11.7. The van der Waals surface area contributed by atoms with Crippen molar-refractivity contribution in [2.24, 2.45) is 5.73 Å². The van der Waals surface area contributed by atoms with Crippen LogP contribution in [0.2, 0.25) is 0 Å². The lowest BCUT2D eigenvalue weighted by molar-refractivity contribution is -0.134. The molecule has 1 aromatic heterocycles. The summed E-state index contributed by atoms with van der Waals surface area (Å²) < 4.78 is 0. The predicted molar refractivity (Wildman–Crippen MR) is 175 cm³/mol. The molecule has 1 aliphatic heterocycles. The van der Waals surface area contributed by atoms with Crippen LogP contribution >= 0.6 is 0 Å². The van der Waals surface area contributed by atoms with Gasteiger partial charge in [0.05, 0.1) is 12.6 Å². The Morgan fingerprint density at radius 2 is 1.33 bits per heavy atom. The molecule has 2 aromatic carbocycles. The number of carbonyl (C=O) groups excluding carboxylic acids is 5. The Bertz CT molecular complexity index is 1550. The van der Waals surface area contributed by atoms with Gasteiger partial charge in [-0.15, -0.1) is 0 Å². The Hall–Kier alpha value is -5.50. The number of hydrogen-bond donors (Lipinski definition) is 8. The topological polar surface area (TPSA) is 225 Å². The first-order valence-corrected chi connectivity index (χ1v) is 15.7. The summed E-state index contributed by atoms with van der Waals surface area (Å²) in [4.78, 5) is 70.5. The Labute approximate surface area is 277 Å². The van der Waals surface area contributed by atoms with Gasteiger partial charge < -0.3 is 42.5 Å². The molecule has 1 aliphatic rings.